The van der Waals surface area contributed by atoms with E-state index in [-0.39, 0.29) is 0 Å². The molecule has 0 saturated carbocycles. The third-order valence-electron chi connectivity index (χ3n) is 3.58. The first-order chi connectivity index (χ1) is 9.79. The highest BCUT2D eigenvalue weighted by molar-refractivity contribution is 7.09. The van der Waals surface area contributed by atoms with Crippen LogP contribution in [-0.2, 0) is 13.1 Å². The van der Waals surface area contributed by atoms with Gasteiger partial charge in [0.1, 0.15) is 0 Å². The lowest BCUT2D eigenvalue weighted by Crippen LogP contribution is -2.39. The van der Waals surface area contributed by atoms with Crippen LogP contribution in [0.25, 0.3) is 0 Å². The summed E-state index contributed by atoms with van der Waals surface area (Å²) in [5.41, 5.74) is 1.39. The van der Waals surface area contributed by atoms with Gasteiger partial charge in [-0.2, -0.15) is 0 Å². The summed E-state index contributed by atoms with van der Waals surface area (Å²) < 4.78 is 0. The molecule has 1 unspecified atom stereocenters. The molecule has 1 aromatic heterocycles. The van der Waals surface area contributed by atoms with Crippen molar-refractivity contribution in [3.05, 3.63) is 58.3 Å². The van der Waals surface area contributed by atoms with E-state index < -0.39 is 0 Å². The topological polar surface area (TPSA) is 15.3 Å². The van der Waals surface area contributed by atoms with Crippen molar-refractivity contribution in [3.63, 3.8) is 0 Å². The number of nitrogens with zero attached hydrogens (tertiary/aromatic N) is 1. The van der Waals surface area contributed by atoms with Crippen LogP contribution in [0.1, 0.15) is 24.3 Å². The van der Waals surface area contributed by atoms with Gasteiger partial charge in [0.05, 0.1) is 0 Å². The van der Waals surface area contributed by atoms with E-state index in [1.807, 2.05) is 11.3 Å². The Bertz CT molecular complexity index is 467. The zero-order chi connectivity index (χ0) is 14.2. The van der Waals surface area contributed by atoms with Crippen molar-refractivity contribution in [3.8, 4) is 0 Å². The first-order valence-electron chi connectivity index (χ1n) is 7.30. The van der Waals surface area contributed by atoms with E-state index in [0.29, 0.717) is 6.04 Å². The van der Waals surface area contributed by atoms with Gasteiger partial charge >= 0.3 is 0 Å². The van der Waals surface area contributed by atoms with Gasteiger partial charge in [-0.05, 0) is 30.5 Å². The Labute approximate surface area is 126 Å². The Balaban J connectivity index is 1.78. The molecule has 0 aliphatic rings. The predicted molar refractivity (Wildman–Crippen MR) is 88.0 cm³/mol. The van der Waals surface area contributed by atoms with Crippen LogP contribution in [0.5, 0.6) is 0 Å². The number of hydrogen-bond donors (Lipinski definition) is 1. The highest BCUT2D eigenvalue weighted by atomic mass is 32.1. The molecule has 1 N–H and O–H groups in total. The SMILES string of the molecule is CCN(Cc1ccccc1)C(C)CNCc1cccs1. The fourth-order valence-electron chi connectivity index (χ4n) is 2.34. The molecular weight excluding hydrogens is 264 g/mol. The quantitative estimate of drug-likeness (QED) is 0.796. The molecule has 0 bridgehead atoms. The molecule has 0 amide bonds. The zero-order valence-electron chi connectivity index (χ0n) is 12.4. The number of nitrogens with one attached hydrogen (secondary N) is 1. The molecule has 1 aromatic carbocycles. The van der Waals surface area contributed by atoms with E-state index in [1.165, 1.54) is 10.4 Å². The van der Waals surface area contributed by atoms with Gasteiger partial charge in [0.15, 0.2) is 0 Å². The summed E-state index contributed by atoms with van der Waals surface area (Å²) in [4.78, 5) is 3.92. The number of rotatable bonds is 8. The van der Waals surface area contributed by atoms with Gasteiger partial charge in [-0.15, -0.1) is 11.3 Å². The molecule has 0 radical (unpaired) electrons. The molecule has 2 aromatic rings. The molecule has 0 aliphatic carbocycles. The Hall–Kier alpha value is -1.16. The van der Waals surface area contributed by atoms with Crippen molar-refractivity contribution in [2.75, 3.05) is 13.1 Å². The van der Waals surface area contributed by atoms with E-state index in [1.54, 1.807) is 0 Å². The van der Waals surface area contributed by atoms with Gasteiger partial charge in [0.25, 0.3) is 0 Å². The maximum absolute atomic E-state index is 3.56. The highest BCUT2D eigenvalue weighted by Gasteiger charge is 2.11. The number of benzene rings is 1. The molecule has 1 heterocycles. The third-order valence-corrected chi connectivity index (χ3v) is 4.45. The average molecular weight is 288 g/mol. The van der Waals surface area contributed by atoms with Gasteiger partial charge in [0.2, 0.25) is 0 Å². The largest absolute Gasteiger partial charge is 0.310 e. The van der Waals surface area contributed by atoms with Gasteiger partial charge in [-0.3, -0.25) is 4.90 Å². The molecule has 1 atom stereocenters. The lowest BCUT2D eigenvalue weighted by atomic mass is 10.2. The predicted octanol–water partition coefficient (Wildman–Crippen LogP) is 3.75. The van der Waals surface area contributed by atoms with Crippen LogP contribution in [0.4, 0.5) is 0 Å². The van der Waals surface area contributed by atoms with Crippen molar-refractivity contribution in [2.24, 2.45) is 0 Å². The lowest BCUT2D eigenvalue weighted by Gasteiger charge is -2.28. The Morgan fingerprint density at radius 3 is 2.60 bits per heavy atom. The molecule has 2 rings (SSSR count). The molecule has 0 fully saturated rings. The van der Waals surface area contributed by atoms with E-state index in [9.17, 15) is 0 Å². The van der Waals surface area contributed by atoms with E-state index in [0.717, 1.165) is 26.2 Å². The Morgan fingerprint density at radius 1 is 1.15 bits per heavy atom. The van der Waals surface area contributed by atoms with Gasteiger partial charge < -0.3 is 5.32 Å². The van der Waals surface area contributed by atoms with Crippen molar-refractivity contribution < 1.29 is 0 Å². The number of hydrogen-bond acceptors (Lipinski definition) is 3. The molecule has 0 saturated heterocycles. The summed E-state index contributed by atoms with van der Waals surface area (Å²) in [6, 6.07) is 15.5. The van der Waals surface area contributed by atoms with Crippen LogP contribution in [0, 0.1) is 0 Å². The van der Waals surface area contributed by atoms with E-state index in [4.69, 9.17) is 0 Å². The minimum absolute atomic E-state index is 0.542. The van der Waals surface area contributed by atoms with Crippen LogP contribution < -0.4 is 5.32 Å². The molecule has 0 aliphatic heterocycles. The van der Waals surface area contributed by atoms with E-state index in [2.05, 4.69) is 71.9 Å². The molecular formula is C17H24N2S. The normalized spacial score (nSPS) is 12.8. The molecule has 0 spiro atoms. The minimum Gasteiger partial charge on any atom is -0.310 e. The van der Waals surface area contributed by atoms with Crippen LogP contribution in [0.3, 0.4) is 0 Å². The van der Waals surface area contributed by atoms with Crippen LogP contribution >= 0.6 is 11.3 Å². The molecule has 20 heavy (non-hydrogen) atoms. The van der Waals surface area contributed by atoms with Crippen molar-refractivity contribution in [2.45, 2.75) is 33.0 Å². The smallest absolute Gasteiger partial charge is 0.0300 e. The summed E-state index contributed by atoms with van der Waals surface area (Å²) in [7, 11) is 0. The highest BCUT2D eigenvalue weighted by Crippen LogP contribution is 2.09. The van der Waals surface area contributed by atoms with Gasteiger partial charge in [0, 0.05) is 30.6 Å². The van der Waals surface area contributed by atoms with Gasteiger partial charge in [-0.25, -0.2) is 0 Å². The molecule has 3 heteroatoms. The standard InChI is InChI=1S/C17H24N2S/c1-3-19(14-16-8-5-4-6-9-16)15(2)12-18-13-17-10-7-11-20-17/h4-11,15,18H,3,12-14H2,1-2H3. The summed E-state index contributed by atoms with van der Waals surface area (Å²) in [5, 5.41) is 5.69. The number of thiophene rings is 1. The Morgan fingerprint density at radius 2 is 1.95 bits per heavy atom. The van der Waals surface area contributed by atoms with E-state index >= 15 is 0 Å². The summed E-state index contributed by atoms with van der Waals surface area (Å²) >= 11 is 1.82. The van der Waals surface area contributed by atoms with Crippen LogP contribution in [0.15, 0.2) is 47.8 Å². The van der Waals surface area contributed by atoms with Crippen LogP contribution in [0.2, 0.25) is 0 Å². The second-order valence-corrected chi connectivity index (χ2v) is 6.14. The third kappa shape index (κ3) is 4.75. The average Bonchev–Trinajstić information content (AvgIpc) is 2.99. The van der Waals surface area contributed by atoms with Crippen molar-refractivity contribution in [1.29, 1.82) is 0 Å². The van der Waals surface area contributed by atoms with Gasteiger partial charge in [-0.1, -0.05) is 43.3 Å². The van der Waals surface area contributed by atoms with Crippen LogP contribution in [-0.4, -0.2) is 24.0 Å². The second-order valence-electron chi connectivity index (χ2n) is 5.11. The first kappa shape index (κ1) is 15.2. The maximum atomic E-state index is 3.56. The number of likely N-dealkylation sites (N-methyl/N-ethyl adjacent to an activating group) is 1. The van der Waals surface area contributed by atoms with Crippen molar-refractivity contribution in [1.82, 2.24) is 10.2 Å². The first-order valence-corrected chi connectivity index (χ1v) is 8.18. The Kier molecular flexibility index (Phi) is 6.25. The summed E-state index contributed by atoms with van der Waals surface area (Å²) in [6.07, 6.45) is 0. The minimum atomic E-state index is 0.542. The fraction of sp³-hybridized carbons (Fsp3) is 0.412. The molecule has 2 nitrogen and oxygen atoms in total. The summed E-state index contributed by atoms with van der Waals surface area (Å²) in [6.45, 7) is 8.64. The zero-order valence-corrected chi connectivity index (χ0v) is 13.2. The summed E-state index contributed by atoms with van der Waals surface area (Å²) in [5.74, 6) is 0. The fourth-order valence-corrected chi connectivity index (χ4v) is 3.02. The second kappa shape index (κ2) is 8.20. The maximum Gasteiger partial charge on any atom is 0.0300 e. The van der Waals surface area contributed by atoms with Crippen molar-refractivity contribution >= 4 is 11.3 Å². The monoisotopic (exact) mass is 288 g/mol. The molecule has 108 valence electrons. The lowest BCUT2D eigenvalue weighted by molar-refractivity contribution is 0.206.